The Labute approximate surface area is 679 Å². The van der Waals surface area contributed by atoms with Crippen molar-refractivity contribution in [2.45, 2.75) is 0 Å². The predicted molar refractivity (Wildman–Crippen MR) is 448 cm³/mol. The molecule has 0 rings (SSSR count). The van der Waals surface area contributed by atoms with Crippen LogP contribution in [0.1, 0.15) is 0 Å². The van der Waals surface area contributed by atoms with E-state index in [1.54, 1.807) is 78.2 Å². The fourth-order valence-corrected chi connectivity index (χ4v) is 12.7. The van der Waals surface area contributed by atoms with Gasteiger partial charge in [-0.15, -0.1) is 0 Å². The van der Waals surface area contributed by atoms with Crippen LogP contribution in [0.3, 0.4) is 0 Å². The van der Waals surface area contributed by atoms with E-state index < -0.39 is 0 Å². The van der Waals surface area contributed by atoms with E-state index >= 15 is 0 Å². The highest BCUT2D eigenvalue weighted by Gasteiger charge is 2.22. The lowest BCUT2D eigenvalue weighted by molar-refractivity contribution is 0.0793. The molecule has 0 bridgehead atoms. The van der Waals surface area contributed by atoms with Gasteiger partial charge in [0.25, 0.3) is 0 Å². The van der Waals surface area contributed by atoms with E-state index in [-0.39, 0.29) is 0 Å². The van der Waals surface area contributed by atoms with Crippen LogP contribution in [-0.2, 0) is 80.5 Å². The number of rotatable bonds is 93. The van der Waals surface area contributed by atoms with Gasteiger partial charge in [0.05, 0.1) is 112 Å². The van der Waals surface area contributed by atoms with Crippen molar-refractivity contribution in [1.82, 2.24) is 73.5 Å². The van der Waals surface area contributed by atoms with Gasteiger partial charge in [0, 0.05) is 415 Å². The third kappa shape index (κ3) is 66.2. The second-order valence-corrected chi connectivity index (χ2v) is 28.5. The van der Waals surface area contributed by atoms with Crippen LogP contribution < -0.4 is 0 Å². The zero-order chi connectivity index (χ0) is 81.5. The first-order valence-electron chi connectivity index (χ1n) is 41.6. The molecule has 0 saturated carbocycles. The fraction of sp³-hybridized carbons (Fsp3) is 1.00. The molecule has 0 spiro atoms. The van der Waals surface area contributed by atoms with Crippen molar-refractivity contribution in [3.05, 3.63) is 0 Å². The van der Waals surface area contributed by atoms with Gasteiger partial charge in [-0.25, -0.2) is 0 Å². The van der Waals surface area contributed by atoms with Crippen LogP contribution in [-0.4, -0.2) is 601 Å². The molecule has 0 fully saturated rings. The lowest BCUT2D eigenvalue weighted by atomic mass is 10.3. The van der Waals surface area contributed by atoms with Gasteiger partial charge in [-0.3, -0.25) is 73.5 Å². The molecule has 0 aromatic rings. The Morgan fingerprint density at radius 3 is 0.180 bits per heavy atom. The van der Waals surface area contributed by atoms with E-state index in [0.717, 1.165) is 295 Å². The molecule has 0 atom stereocenters. The molecule has 0 aliphatic rings. The first kappa shape index (κ1) is 110. The lowest BCUT2D eigenvalue weighted by Crippen LogP contribution is -2.49. The summed E-state index contributed by atoms with van der Waals surface area (Å²) in [6.07, 6.45) is 0. The van der Waals surface area contributed by atoms with Gasteiger partial charge in [-0.1, -0.05) is 0 Å². The minimum atomic E-state index is 0.644. The predicted octanol–water partition coefficient (Wildman–Crippen LogP) is -0.495. The zero-order valence-corrected chi connectivity index (χ0v) is 74.5. The van der Waals surface area contributed by atoms with Gasteiger partial charge in [-0.2, -0.15) is 0 Å². The van der Waals surface area contributed by atoms with E-state index in [1.165, 1.54) is 0 Å². The molecule has 111 heavy (non-hydrogen) atoms. The van der Waals surface area contributed by atoms with E-state index in [9.17, 15) is 0 Å². The van der Waals surface area contributed by atoms with Crippen molar-refractivity contribution in [1.29, 1.82) is 0 Å². The first-order chi connectivity index (χ1) is 54.4. The zero-order valence-electron chi connectivity index (χ0n) is 74.5. The Kier molecular flexibility index (Phi) is 82.8. The molecule has 668 valence electrons. The molecule has 0 radical (unpaired) electrons. The second kappa shape index (κ2) is 83.8. The van der Waals surface area contributed by atoms with Crippen LogP contribution in [0.5, 0.6) is 0 Å². The minimum absolute atomic E-state index is 0.644. The number of methoxy groups -OCH3 is 17. The normalized spacial score (nSPS) is 12.6. The van der Waals surface area contributed by atoms with Gasteiger partial charge >= 0.3 is 0 Å². The Morgan fingerprint density at radius 1 is 0.0811 bits per heavy atom. The van der Waals surface area contributed by atoms with Crippen LogP contribution in [0.2, 0.25) is 0 Å². The van der Waals surface area contributed by atoms with Crippen LogP contribution in [0.4, 0.5) is 0 Å². The summed E-state index contributed by atoms with van der Waals surface area (Å²) in [5.74, 6) is 0. The highest BCUT2D eigenvalue weighted by molar-refractivity contribution is 4.78. The van der Waals surface area contributed by atoms with Crippen LogP contribution in [0.25, 0.3) is 0 Å². The van der Waals surface area contributed by atoms with Crippen molar-refractivity contribution in [3.8, 4) is 0 Å². The monoisotopic (exact) mass is 1610 g/mol. The van der Waals surface area contributed by atoms with Crippen molar-refractivity contribution < 1.29 is 80.5 Å². The fourth-order valence-electron chi connectivity index (χ4n) is 12.7. The van der Waals surface area contributed by atoms with Gasteiger partial charge in [-0.05, 0) is 0 Å². The molecular formula is C79H175N15O17. The van der Waals surface area contributed by atoms with Gasteiger partial charge in [0.1, 0.15) is 0 Å². The summed E-state index contributed by atoms with van der Waals surface area (Å²) >= 11 is 0. The van der Waals surface area contributed by atoms with Crippen molar-refractivity contribution in [2.75, 3.05) is 528 Å². The number of hydrogen-bond acceptors (Lipinski definition) is 32. The molecule has 0 aliphatic carbocycles. The molecular weight excluding hydrogens is 1430 g/mol. The van der Waals surface area contributed by atoms with E-state index in [0.29, 0.717) is 112 Å². The lowest BCUT2D eigenvalue weighted by Gasteiger charge is -2.35. The minimum Gasteiger partial charge on any atom is -0.383 e. The van der Waals surface area contributed by atoms with Gasteiger partial charge in [0.2, 0.25) is 0 Å². The summed E-state index contributed by atoms with van der Waals surface area (Å²) in [5.41, 5.74) is 0. The summed E-state index contributed by atoms with van der Waals surface area (Å²) in [5, 5.41) is 0. The largest absolute Gasteiger partial charge is 0.383 e. The van der Waals surface area contributed by atoms with Gasteiger partial charge < -0.3 is 80.5 Å². The van der Waals surface area contributed by atoms with Crippen LogP contribution in [0.15, 0.2) is 0 Å². The Morgan fingerprint density at radius 2 is 0.126 bits per heavy atom. The number of ether oxygens (including phenoxy) is 17. The van der Waals surface area contributed by atoms with Crippen molar-refractivity contribution >= 4 is 0 Å². The third-order valence-electron chi connectivity index (χ3n) is 20.7. The Balaban J connectivity index is 8.18. The quantitative estimate of drug-likeness (QED) is 0.0754. The summed E-state index contributed by atoms with van der Waals surface area (Å²) in [4.78, 5) is 38.6. The standard InChI is InChI=1S/C79H175N15O17/c1-95-63-46-83(32-33-88(51-68-100-6)34-35-89(52-69-101-7)40-45-94(61-78-110-16)62-79-111-17)27-22-80(18-20-81(23-28-84(47-64-96-2)36-41-90(53-70-102-8)54-71-103-9)24-29-85(48-65-97-3)37-42-91(55-72-104-10)56-73-105-11)19-21-82(25-30-86(49-66-98-4)38-43-92(57-74-106-12)58-75-107-13)26-31-87(50-67-99-5)39-44-93(59-76-108-14)60-77-109-15/h18-79H2,1-17H3. The van der Waals surface area contributed by atoms with E-state index in [1.807, 2.05) is 42.7 Å². The second-order valence-electron chi connectivity index (χ2n) is 28.5. The summed E-state index contributed by atoms with van der Waals surface area (Å²) in [7, 11) is 30.5. The smallest absolute Gasteiger partial charge is 0.0589 e. The molecule has 0 unspecified atom stereocenters. The molecule has 32 nitrogen and oxygen atoms in total. The molecule has 0 aromatic heterocycles. The summed E-state index contributed by atoms with van der Waals surface area (Å²) in [6, 6.07) is 0. The maximum atomic E-state index is 5.92. The van der Waals surface area contributed by atoms with Crippen molar-refractivity contribution in [3.63, 3.8) is 0 Å². The van der Waals surface area contributed by atoms with Crippen LogP contribution in [0, 0.1) is 0 Å². The molecule has 0 heterocycles. The third-order valence-corrected chi connectivity index (χ3v) is 20.7. The maximum Gasteiger partial charge on any atom is 0.0589 e. The molecule has 0 aromatic carbocycles. The van der Waals surface area contributed by atoms with E-state index in [4.69, 9.17) is 80.5 Å². The number of hydrogen-bond donors (Lipinski definition) is 0. The van der Waals surface area contributed by atoms with Crippen LogP contribution >= 0.6 is 0 Å². The van der Waals surface area contributed by atoms with Gasteiger partial charge in [0.15, 0.2) is 0 Å². The molecule has 0 N–H and O–H groups in total. The number of nitrogens with zero attached hydrogens (tertiary/aromatic N) is 15. The van der Waals surface area contributed by atoms with Crippen molar-refractivity contribution in [2.24, 2.45) is 0 Å². The highest BCUT2D eigenvalue weighted by Crippen LogP contribution is 2.08. The highest BCUT2D eigenvalue weighted by atomic mass is 16.5. The first-order valence-corrected chi connectivity index (χ1v) is 41.6. The summed E-state index contributed by atoms with van der Waals surface area (Å²) in [6.45, 7) is 51.2. The molecule has 0 aliphatic heterocycles. The topological polar surface area (TPSA) is 206 Å². The van der Waals surface area contributed by atoms with E-state index in [2.05, 4.69) is 73.5 Å². The summed E-state index contributed by atoms with van der Waals surface area (Å²) < 4.78 is 96.3. The Bertz CT molecular complexity index is 1640. The SMILES string of the molecule is COCCN(CCOC)CCN(CCOC)CCN(CCOC)CCN(CCOC)CCN(CCN(CCN(CCOC)CCN(CCOC)CCOC)CCN(CCOC)CCN(CCOC)CCOC)CCN(CCN(CCOC)CCN(CCOC)CCOC)CCN(CCOC)CCN(CCOC)CCOC. The maximum absolute atomic E-state index is 5.92. The Hall–Kier alpha value is -1.28. The molecule has 0 saturated heterocycles. The molecule has 32 heteroatoms. The molecule has 0 amide bonds. The average molecular weight is 1610 g/mol. The average Bonchev–Trinajstić information content (AvgIpc) is 0.915.